The maximum absolute atomic E-state index is 9.16. The van der Waals surface area contributed by atoms with E-state index >= 15 is 0 Å². The van der Waals surface area contributed by atoms with Crippen molar-refractivity contribution in [3.8, 4) is 0 Å². The molecule has 0 heterocycles. The summed E-state index contributed by atoms with van der Waals surface area (Å²) in [4.78, 5) is 0. The first kappa shape index (κ1) is 11.3. The van der Waals surface area contributed by atoms with Gasteiger partial charge in [0.15, 0.2) is 0 Å². The zero-order chi connectivity index (χ0) is 10.6. The number of benzene rings is 1. The van der Waals surface area contributed by atoms with Crippen LogP contribution in [0.2, 0.25) is 0 Å². The third-order valence-corrected chi connectivity index (χ3v) is 2.50. The van der Waals surface area contributed by atoms with Crippen LogP contribution in [-0.2, 0) is 6.42 Å². The fourth-order valence-corrected chi connectivity index (χ4v) is 1.44. The Labute approximate surface area is 86.8 Å². The molecule has 0 saturated heterocycles. The molecule has 1 heteroatoms. The topological polar surface area (TPSA) is 20.2 Å². The van der Waals surface area contributed by atoms with E-state index < -0.39 is 0 Å². The summed E-state index contributed by atoms with van der Waals surface area (Å²) in [6.45, 7) is 6.23. The Morgan fingerprint density at radius 2 is 1.64 bits per heavy atom. The molecule has 1 rings (SSSR count). The number of aliphatic hydroxyl groups excluding tert-OH is 1. The number of hydrogen-bond donors (Lipinski definition) is 1. The molecule has 0 saturated carbocycles. The summed E-state index contributed by atoms with van der Waals surface area (Å²) in [7, 11) is 0. The van der Waals surface area contributed by atoms with Crippen molar-refractivity contribution in [3.63, 3.8) is 0 Å². The molecule has 1 atom stereocenters. The molecule has 0 aliphatic heterocycles. The Kier molecular flexibility index (Phi) is 4.15. The van der Waals surface area contributed by atoms with Crippen molar-refractivity contribution in [1.29, 1.82) is 0 Å². The monoisotopic (exact) mass is 192 g/mol. The molecule has 0 unspecified atom stereocenters. The molecule has 1 N–H and O–H groups in total. The Morgan fingerprint density at radius 1 is 1.07 bits per heavy atom. The molecule has 1 aromatic rings. The number of hydrogen-bond acceptors (Lipinski definition) is 1. The molecule has 1 nitrogen and oxygen atoms in total. The maximum Gasteiger partial charge on any atom is 0.0515 e. The molecule has 0 radical (unpaired) electrons. The number of aliphatic hydroxyl groups is 1. The van der Waals surface area contributed by atoms with Crippen LogP contribution in [0.15, 0.2) is 24.3 Å². The van der Waals surface area contributed by atoms with Gasteiger partial charge >= 0.3 is 0 Å². The van der Waals surface area contributed by atoms with Gasteiger partial charge in [-0.2, -0.15) is 0 Å². The SMILES string of the molecule is CC(C)c1ccc(CC[C@@H](C)O)cc1. The minimum absolute atomic E-state index is 0.195. The lowest BCUT2D eigenvalue weighted by Crippen LogP contribution is -2.01. The highest BCUT2D eigenvalue weighted by Crippen LogP contribution is 2.15. The quantitative estimate of drug-likeness (QED) is 0.777. The van der Waals surface area contributed by atoms with Gasteiger partial charge in [-0.3, -0.25) is 0 Å². The molecular weight excluding hydrogens is 172 g/mol. The zero-order valence-corrected chi connectivity index (χ0v) is 9.33. The summed E-state index contributed by atoms with van der Waals surface area (Å²) in [6, 6.07) is 8.69. The number of rotatable bonds is 4. The summed E-state index contributed by atoms with van der Waals surface area (Å²) in [5, 5.41) is 9.16. The average molecular weight is 192 g/mol. The third kappa shape index (κ3) is 3.51. The summed E-state index contributed by atoms with van der Waals surface area (Å²) < 4.78 is 0. The first-order valence-electron chi connectivity index (χ1n) is 5.36. The van der Waals surface area contributed by atoms with E-state index in [1.54, 1.807) is 0 Å². The van der Waals surface area contributed by atoms with E-state index in [-0.39, 0.29) is 6.10 Å². The predicted octanol–water partition coefficient (Wildman–Crippen LogP) is 3.12. The van der Waals surface area contributed by atoms with Gasteiger partial charge in [0, 0.05) is 0 Å². The van der Waals surface area contributed by atoms with Crippen molar-refractivity contribution >= 4 is 0 Å². The Bertz CT molecular complexity index is 259. The third-order valence-electron chi connectivity index (χ3n) is 2.50. The summed E-state index contributed by atoms with van der Waals surface area (Å²) in [6.07, 6.45) is 1.62. The van der Waals surface area contributed by atoms with Crippen LogP contribution in [0.25, 0.3) is 0 Å². The van der Waals surface area contributed by atoms with Gasteiger partial charge in [0.25, 0.3) is 0 Å². The first-order chi connectivity index (χ1) is 6.59. The summed E-state index contributed by atoms with van der Waals surface area (Å²) in [5.74, 6) is 0.598. The van der Waals surface area contributed by atoms with Crippen molar-refractivity contribution < 1.29 is 5.11 Å². The van der Waals surface area contributed by atoms with Crippen molar-refractivity contribution in [2.24, 2.45) is 0 Å². The van der Waals surface area contributed by atoms with Crippen LogP contribution in [0.4, 0.5) is 0 Å². The van der Waals surface area contributed by atoms with Gasteiger partial charge in [0.2, 0.25) is 0 Å². The highest BCUT2D eigenvalue weighted by atomic mass is 16.3. The van der Waals surface area contributed by atoms with E-state index in [1.807, 2.05) is 6.92 Å². The summed E-state index contributed by atoms with van der Waals surface area (Å²) >= 11 is 0. The highest BCUT2D eigenvalue weighted by molar-refractivity contribution is 5.24. The maximum atomic E-state index is 9.16. The first-order valence-corrected chi connectivity index (χ1v) is 5.36. The molecule has 1 aromatic carbocycles. The second kappa shape index (κ2) is 5.16. The van der Waals surface area contributed by atoms with E-state index in [1.165, 1.54) is 11.1 Å². The van der Waals surface area contributed by atoms with Crippen molar-refractivity contribution in [2.45, 2.75) is 45.6 Å². The van der Waals surface area contributed by atoms with Gasteiger partial charge in [-0.1, -0.05) is 38.1 Å². The molecule has 0 bridgehead atoms. The lowest BCUT2D eigenvalue weighted by molar-refractivity contribution is 0.185. The van der Waals surface area contributed by atoms with Crippen molar-refractivity contribution in [3.05, 3.63) is 35.4 Å². The van der Waals surface area contributed by atoms with E-state index in [9.17, 15) is 0 Å². The Hall–Kier alpha value is -0.820. The molecule has 0 aliphatic rings. The van der Waals surface area contributed by atoms with E-state index in [0.29, 0.717) is 5.92 Å². The molecule has 0 fully saturated rings. The molecule has 0 aliphatic carbocycles. The Balaban J connectivity index is 2.55. The van der Waals surface area contributed by atoms with Gasteiger partial charge in [-0.25, -0.2) is 0 Å². The molecule has 0 amide bonds. The van der Waals surface area contributed by atoms with Gasteiger partial charge in [0.1, 0.15) is 0 Å². The highest BCUT2D eigenvalue weighted by Gasteiger charge is 2.00. The van der Waals surface area contributed by atoms with Crippen LogP contribution >= 0.6 is 0 Å². The van der Waals surface area contributed by atoms with Crippen molar-refractivity contribution in [1.82, 2.24) is 0 Å². The normalized spacial score (nSPS) is 13.2. The van der Waals surface area contributed by atoms with Crippen LogP contribution < -0.4 is 0 Å². The van der Waals surface area contributed by atoms with Crippen LogP contribution in [0, 0.1) is 0 Å². The average Bonchev–Trinajstić information content (AvgIpc) is 2.15. The number of aryl methyl sites for hydroxylation is 1. The fraction of sp³-hybridized carbons (Fsp3) is 0.538. The summed E-state index contributed by atoms with van der Waals surface area (Å²) in [5.41, 5.74) is 2.70. The van der Waals surface area contributed by atoms with E-state index in [4.69, 9.17) is 5.11 Å². The molecule has 0 aromatic heterocycles. The van der Waals surface area contributed by atoms with E-state index in [0.717, 1.165) is 12.8 Å². The van der Waals surface area contributed by atoms with Gasteiger partial charge in [-0.15, -0.1) is 0 Å². The van der Waals surface area contributed by atoms with Crippen LogP contribution in [0.5, 0.6) is 0 Å². The second-order valence-electron chi connectivity index (χ2n) is 4.28. The second-order valence-corrected chi connectivity index (χ2v) is 4.28. The lowest BCUT2D eigenvalue weighted by atomic mass is 10.00. The molecular formula is C13H20O. The molecule has 0 spiro atoms. The van der Waals surface area contributed by atoms with E-state index in [2.05, 4.69) is 38.1 Å². The lowest BCUT2D eigenvalue weighted by Gasteiger charge is -2.07. The zero-order valence-electron chi connectivity index (χ0n) is 9.33. The molecule has 78 valence electrons. The minimum atomic E-state index is -0.195. The largest absolute Gasteiger partial charge is 0.393 e. The van der Waals surface area contributed by atoms with Crippen molar-refractivity contribution in [2.75, 3.05) is 0 Å². The van der Waals surface area contributed by atoms with Gasteiger partial charge in [-0.05, 0) is 36.8 Å². The Morgan fingerprint density at radius 3 is 2.07 bits per heavy atom. The smallest absolute Gasteiger partial charge is 0.0515 e. The van der Waals surface area contributed by atoms with Gasteiger partial charge in [0.05, 0.1) is 6.10 Å². The standard InChI is InChI=1S/C13H20O/c1-10(2)13-8-6-12(7-9-13)5-4-11(3)14/h6-11,14H,4-5H2,1-3H3/t11-/m1/s1. The predicted molar refractivity (Wildman–Crippen MR) is 60.5 cm³/mol. The van der Waals surface area contributed by atoms with Crippen LogP contribution in [0.1, 0.15) is 44.2 Å². The molecule has 14 heavy (non-hydrogen) atoms. The van der Waals surface area contributed by atoms with Crippen LogP contribution in [-0.4, -0.2) is 11.2 Å². The fourth-order valence-electron chi connectivity index (χ4n) is 1.44. The van der Waals surface area contributed by atoms with Gasteiger partial charge < -0.3 is 5.11 Å². The minimum Gasteiger partial charge on any atom is -0.393 e. The van der Waals surface area contributed by atoms with Crippen LogP contribution in [0.3, 0.4) is 0 Å².